The standard InChI is InChI=1S/C43H28N2/c1-2-15-30(16-3-1)43-44-39-26-10-11-27-40(39)45(43)32-19-12-18-31(28-32)41-35-21-6-8-23-37(35)42(38-24-9-7-22-36(38)41)34-25-13-17-29-14-4-5-20-33(29)34/h1-28H/i6D,7D,8D,9D,21D,22D,23D,24D. The molecule has 8 aromatic carbocycles. The van der Waals surface area contributed by atoms with Gasteiger partial charge in [-0.1, -0.05) is 145 Å². The summed E-state index contributed by atoms with van der Waals surface area (Å²) in [6, 6.07) is 35.5. The number of hydrogen-bond donors (Lipinski definition) is 0. The number of fused-ring (bicyclic) bond motifs is 4. The van der Waals surface area contributed by atoms with Crippen LogP contribution in [0.5, 0.6) is 0 Å². The summed E-state index contributed by atoms with van der Waals surface area (Å²) in [7, 11) is 0. The Labute approximate surface area is 272 Å². The molecule has 45 heavy (non-hydrogen) atoms. The molecule has 1 aromatic heterocycles. The van der Waals surface area contributed by atoms with E-state index in [2.05, 4.69) is 0 Å². The lowest BCUT2D eigenvalue weighted by Gasteiger charge is -2.19. The first kappa shape index (κ1) is 18.6. The molecule has 9 rings (SSSR count). The molecule has 0 spiro atoms. The van der Waals surface area contributed by atoms with Crippen LogP contribution < -0.4 is 0 Å². The van der Waals surface area contributed by atoms with Crippen LogP contribution in [0.2, 0.25) is 0 Å². The minimum atomic E-state index is -0.434. The summed E-state index contributed by atoms with van der Waals surface area (Å²) in [4.78, 5) is 4.99. The molecule has 210 valence electrons. The molecule has 2 heteroatoms. The van der Waals surface area contributed by atoms with Gasteiger partial charge in [0.15, 0.2) is 0 Å². The summed E-state index contributed by atoms with van der Waals surface area (Å²) in [5.74, 6) is 0.703. The summed E-state index contributed by atoms with van der Waals surface area (Å²) >= 11 is 0. The van der Waals surface area contributed by atoms with E-state index in [0.29, 0.717) is 28.1 Å². The Morgan fingerprint density at radius 2 is 1.09 bits per heavy atom. The number of hydrogen-bond acceptors (Lipinski definition) is 1. The first-order chi connectivity index (χ1) is 25.7. The highest BCUT2D eigenvalue weighted by Crippen LogP contribution is 2.45. The lowest BCUT2D eigenvalue weighted by Crippen LogP contribution is -1.98. The topological polar surface area (TPSA) is 17.8 Å². The van der Waals surface area contributed by atoms with Crippen molar-refractivity contribution in [1.82, 2.24) is 9.55 Å². The SMILES string of the molecule is [2H]c1c([2H])c([2H])c2c(-c3cccc4ccccc34)c3c([2H])c([2H])c([2H])c([2H])c3c(-c3cccc(-n4c(-c5ccccc5)nc5ccccc54)c3)c2c1[2H]. The van der Waals surface area contributed by atoms with Crippen molar-refractivity contribution in [1.29, 1.82) is 0 Å². The van der Waals surface area contributed by atoms with Crippen molar-refractivity contribution < 1.29 is 11.0 Å². The molecule has 0 amide bonds. The molecule has 0 saturated heterocycles. The predicted molar refractivity (Wildman–Crippen MR) is 190 cm³/mol. The monoisotopic (exact) mass is 580 g/mol. The van der Waals surface area contributed by atoms with Crippen molar-refractivity contribution in [3.8, 4) is 39.3 Å². The Morgan fingerprint density at radius 1 is 0.489 bits per heavy atom. The van der Waals surface area contributed by atoms with Crippen LogP contribution in [0.15, 0.2) is 170 Å². The highest BCUT2D eigenvalue weighted by atomic mass is 15.1. The van der Waals surface area contributed by atoms with Crippen LogP contribution in [0.3, 0.4) is 0 Å². The molecule has 0 atom stereocenters. The van der Waals surface area contributed by atoms with Crippen LogP contribution in [0.1, 0.15) is 11.0 Å². The van der Waals surface area contributed by atoms with Crippen molar-refractivity contribution in [2.24, 2.45) is 0 Å². The van der Waals surface area contributed by atoms with Crippen LogP contribution in [-0.4, -0.2) is 9.55 Å². The third-order valence-electron chi connectivity index (χ3n) is 8.42. The molecule has 0 saturated carbocycles. The molecule has 0 unspecified atom stereocenters. The second-order valence-corrected chi connectivity index (χ2v) is 11.0. The largest absolute Gasteiger partial charge is 0.292 e. The Kier molecular flexibility index (Phi) is 4.27. The van der Waals surface area contributed by atoms with E-state index < -0.39 is 24.2 Å². The van der Waals surface area contributed by atoms with E-state index in [1.165, 1.54) is 0 Å². The van der Waals surface area contributed by atoms with E-state index in [9.17, 15) is 5.48 Å². The fourth-order valence-corrected chi connectivity index (χ4v) is 6.50. The Hall–Kier alpha value is -5.99. The van der Waals surface area contributed by atoms with Crippen LogP contribution in [-0.2, 0) is 0 Å². The number of rotatable bonds is 4. The van der Waals surface area contributed by atoms with Crippen molar-refractivity contribution in [3.05, 3.63) is 170 Å². The van der Waals surface area contributed by atoms with Gasteiger partial charge in [-0.15, -0.1) is 0 Å². The Balaban J connectivity index is 1.49. The van der Waals surface area contributed by atoms with Crippen molar-refractivity contribution in [2.45, 2.75) is 0 Å². The predicted octanol–water partition coefficient (Wildman–Crippen LogP) is 11.5. The summed E-state index contributed by atoms with van der Waals surface area (Å²) in [5, 5.41) is 2.38. The smallest absolute Gasteiger partial charge is 0.145 e. The van der Waals surface area contributed by atoms with Crippen LogP contribution >= 0.6 is 0 Å². The van der Waals surface area contributed by atoms with Gasteiger partial charge in [0.1, 0.15) is 5.82 Å². The quantitative estimate of drug-likeness (QED) is 0.189. The van der Waals surface area contributed by atoms with Gasteiger partial charge < -0.3 is 0 Å². The first-order valence-corrected chi connectivity index (χ1v) is 14.7. The van der Waals surface area contributed by atoms with E-state index in [0.717, 1.165) is 33.1 Å². The summed E-state index contributed by atoms with van der Waals surface area (Å²) in [6.45, 7) is 0. The summed E-state index contributed by atoms with van der Waals surface area (Å²) in [6.07, 6.45) is 0. The zero-order valence-corrected chi connectivity index (χ0v) is 23.9. The molecule has 0 aliphatic heterocycles. The molecule has 1 heterocycles. The normalized spacial score (nSPS) is 14.0. The van der Waals surface area contributed by atoms with Crippen molar-refractivity contribution >= 4 is 43.4 Å². The van der Waals surface area contributed by atoms with Crippen LogP contribution in [0.4, 0.5) is 0 Å². The Morgan fingerprint density at radius 3 is 1.87 bits per heavy atom. The van der Waals surface area contributed by atoms with Gasteiger partial charge in [-0.05, 0) is 78.8 Å². The van der Waals surface area contributed by atoms with E-state index in [1.807, 2.05) is 126 Å². The second-order valence-electron chi connectivity index (χ2n) is 11.0. The number of benzene rings is 8. The summed E-state index contributed by atoms with van der Waals surface area (Å²) in [5.41, 5.74) is 5.01. The van der Waals surface area contributed by atoms with Gasteiger partial charge in [-0.25, -0.2) is 4.98 Å². The molecule has 0 aliphatic rings. The van der Waals surface area contributed by atoms with Crippen LogP contribution in [0, 0.1) is 0 Å². The van der Waals surface area contributed by atoms with Gasteiger partial charge in [0, 0.05) is 11.3 Å². The average molecular weight is 581 g/mol. The number of nitrogens with zero attached hydrogens (tertiary/aromatic N) is 2. The minimum absolute atomic E-state index is 0.174. The fourth-order valence-electron chi connectivity index (χ4n) is 6.50. The van der Waals surface area contributed by atoms with Gasteiger partial charge in [0.25, 0.3) is 0 Å². The zero-order valence-electron chi connectivity index (χ0n) is 31.9. The van der Waals surface area contributed by atoms with Gasteiger partial charge in [0.2, 0.25) is 0 Å². The molecule has 0 fully saturated rings. The van der Waals surface area contributed by atoms with Gasteiger partial charge >= 0.3 is 0 Å². The maximum atomic E-state index is 9.38. The first-order valence-electron chi connectivity index (χ1n) is 18.7. The molecule has 9 aromatic rings. The second kappa shape index (κ2) is 10.3. The highest BCUT2D eigenvalue weighted by Gasteiger charge is 2.19. The highest BCUT2D eigenvalue weighted by molar-refractivity contribution is 6.23. The molecule has 0 N–H and O–H groups in total. The maximum absolute atomic E-state index is 9.38. The molecule has 2 nitrogen and oxygen atoms in total. The minimum Gasteiger partial charge on any atom is -0.292 e. The fraction of sp³-hybridized carbons (Fsp3) is 0. The maximum Gasteiger partial charge on any atom is 0.145 e. The third kappa shape index (κ3) is 4.07. The van der Waals surface area contributed by atoms with Crippen molar-refractivity contribution in [3.63, 3.8) is 0 Å². The molecule has 0 aliphatic carbocycles. The lowest BCUT2D eigenvalue weighted by atomic mass is 9.84. The Bertz CT molecular complexity index is 2900. The van der Waals surface area contributed by atoms with Gasteiger partial charge in [-0.3, -0.25) is 4.57 Å². The lowest BCUT2D eigenvalue weighted by molar-refractivity contribution is 1.10. The molecular formula is C43H28N2. The van der Waals surface area contributed by atoms with Gasteiger partial charge in [-0.2, -0.15) is 0 Å². The number of aromatic nitrogens is 2. The van der Waals surface area contributed by atoms with Gasteiger partial charge in [0.05, 0.1) is 22.0 Å². The molecule has 0 radical (unpaired) electrons. The van der Waals surface area contributed by atoms with E-state index in [-0.39, 0.29) is 45.7 Å². The van der Waals surface area contributed by atoms with E-state index in [4.69, 9.17) is 10.5 Å². The van der Waals surface area contributed by atoms with Crippen LogP contribution in [0.25, 0.3) is 82.7 Å². The summed E-state index contributed by atoms with van der Waals surface area (Å²) < 4.78 is 74.8. The third-order valence-corrected chi connectivity index (χ3v) is 8.42. The molecular weight excluding hydrogens is 544 g/mol. The zero-order chi connectivity index (χ0) is 36.7. The molecule has 0 bridgehead atoms. The number of imidazole rings is 1. The van der Waals surface area contributed by atoms with E-state index in [1.54, 1.807) is 0 Å². The van der Waals surface area contributed by atoms with E-state index >= 15 is 0 Å². The van der Waals surface area contributed by atoms with Crippen molar-refractivity contribution in [2.75, 3.05) is 0 Å². The average Bonchev–Trinajstić information content (AvgIpc) is 3.59. The number of para-hydroxylation sites is 2.